The second-order valence-corrected chi connectivity index (χ2v) is 7.82. The van der Waals surface area contributed by atoms with E-state index >= 15 is 0 Å². The summed E-state index contributed by atoms with van der Waals surface area (Å²) in [7, 11) is 0. The van der Waals surface area contributed by atoms with E-state index in [-0.39, 0.29) is 11.7 Å². The van der Waals surface area contributed by atoms with Crippen LogP contribution in [0.25, 0.3) is 0 Å². The number of anilines is 2. The molecule has 3 rings (SSSR count). The van der Waals surface area contributed by atoms with Crippen LogP contribution in [0.3, 0.4) is 0 Å². The lowest BCUT2D eigenvalue weighted by Crippen LogP contribution is -2.33. The summed E-state index contributed by atoms with van der Waals surface area (Å²) in [5.41, 5.74) is 3.41. The van der Waals surface area contributed by atoms with Gasteiger partial charge in [-0.15, -0.1) is 6.42 Å². The van der Waals surface area contributed by atoms with Crippen molar-refractivity contribution in [2.75, 3.05) is 11.9 Å². The number of halogens is 1. The Kier molecular flexibility index (Phi) is 7.36. The molecule has 0 bridgehead atoms. The van der Waals surface area contributed by atoms with E-state index in [4.69, 9.17) is 11.2 Å². The van der Waals surface area contributed by atoms with Gasteiger partial charge in [0.2, 0.25) is 0 Å². The van der Waals surface area contributed by atoms with E-state index in [1.807, 2.05) is 55.5 Å². The fourth-order valence-corrected chi connectivity index (χ4v) is 4.20. The minimum atomic E-state index is -0.427. The molecule has 0 aliphatic rings. The predicted molar refractivity (Wildman–Crippen MR) is 127 cm³/mol. The Bertz CT molecular complexity index is 1020. The van der Waals surface area contributed by atoms with Crippen molar-refractivity contribution in [2.45, 2.75) is 39.0 Å². The van der Waals surface area contributed by atoms with E-state index in [9.17, 15) is 4.39 Å². The van der Waals surface area contributed by atoms with Crippen molar-refractivity contribution < 1.29 is 9.13 Å². The van der Waals surface area contributed by atoms with Crippen LogP contribution in [0.15, 0.2) is 72.8 Å². The SMILES string of the molecule is C#CC(CC)(c1ccc(OCC)cc1)C(C)Cc1ccc(F)cc1Nc1ccccc1. The largest absolute Gasteiger partial charge is 0.494 e. The summed E-state index contributed by atoms with van der Waals surface area (Å²) < 4.78 is 19.6. The molecule has 3 aromatic rings. The molecule has 31 heavy (non-hydrogen) atoms. The Morgan fingerprint density at radius 2 is 1.74 bits per heavy atom. The van der Waals surface area contributed by atoms with Gasteiger partial charge in [0.05, 0.1) is 12.0 Å². The topological polar surface area (TPSA) is 21.3 Å². The van der Waals surface area contributed by atoms with Gasteiger partial charge in [-0.05, 0) is 73.2 Å². The van der Waals surface area contributed by atoms with Gasteiger partial charge < -0.3 is 10.1 Å². The van der Waals surface area contributed by atoms with Crippen molar-refractivity contribution in [3.63, 3.8) is 0 Å². The van der Waals surface area contributed by atoms with Gasteiger partial charge in [-0.25, -0.2) is 4.39 Å². The summed E-state index contributed by atoms with van der Waals surface area (Å²) in [6, 6.07) is 22.8. The highest BCUT2D eigenvalue weighted by Gasteiger charge is 2.35. The first-order valence-electron chi connectivity index (χ1n) is 10.8. The third-order valence-corrected chi connectivity index (χ3v) is 5.99. The van der Waals surface area contributed by atoms with Crippen molar-refractivity contribution in [3.05, 3.63) is 89.7 Å². The van der Waals surface area contributed by atoms with E-state index in [1.165, 1.54) is 6.07 Å². The Morgan fingerprint density at radius 1 is 1.03 bits per heavy atom. The first-order valence-corrected chi connectivity index (χ1v) is 10.8. The summed E-state index contributed by atoms with van der Waals surface area (Å²) in [4.78, 5) is 0. The zero-order chi connectivity index (χ0) is 22.3. The normalized spacial score (nSPS) is 13.6. The van der Waals surface area contributed by atoms with E-state index in [0.29, 0.717) is 6.61 Å². The van der Waals surface area contributed by atoms with Crippen LogP contribution in [-0.4, -0.2) is 6.61 Å². The smallest absolute Gasteiger partial charge is 0.125 e. The molecule has 3 aromatic carbocycles. The summed E-state index contributed by atoms with van der Waals surface area (Å²) in [5.74, 6) is 3.82. The molecule has 0 saturated carbocycles. The number of ether oxygens (including phenoxy) is 1. The second kappa shape index (κ2) is 10.2. The van der Waals surface area contributed by atoms with Gasteiger partial charge in [-0.3, -0.25) is 0 Å². The Balaban J connectivity index is 1.90. The Hall–Kier alpha value is -3.25. The zero-order valence-electron chi connectivity index (χ0n) is 18.5. The molecule has 0 aromatic heterocycles. The first-order chi connectivity index (χ1) is 15.0. The molecule has 2 unspecified atom stereocenters. The summed E-state index contributed by atoms with van der Waals surface area (Å²) in [6.45, 7) is 6.90. The molecule has 3 heteroatoms. The average molecular weight is 416 g/mol. The lowest BCUT2D eigenvalue weighted by Gasteiger charge is -2.35. The molecule has 1 N–H and O–H groups in total. The molecule has 0 spiro atoms. The van der Waals surface area contributed by atoms with Crippen LogP contribution in [0.5, 0.6) is 5.75 Å². The quantitative estimate of drug-likeness (QED) is 0.375. The molecule has 0 heterocycles. The van der Waals surface area contributed by atoms with Gasteiger partial charge in [0.25, 0.3) is 0 Å². The lowest BCUT2D eigenvalue weighted by molar-refractivity contribution is 0.337. The molecule has 160 valence electrons. The fourth-order valence-electron chi connectivity index (χ4n) is 4.20. The van der Waals surface area contributed by atoms with Crippen molar-refractivity contribution >= 4 is 11.4 Å². The maximum absolute atomic E-state index is 14.0. The highest BCUT2D eigenvalue weighted by molar-refractivity contribution is 5.63. The minimum absolute atomic E-state index is 0.141. The number of rotatable bonds is 9. The number of para-hydroxylation sites is 1. The van der Waals surface area contributed by atoms with Gasteiger partial charge in [0.15, 0.2) is 0 Å². The molecule has 2 nitrogen and oxygen atoms in total. The molecule has 2 atom stereocenters. The molecule has 0 radical (unpaired) electrons. The van der Waals surface area contributed by atoms with Crippen molar-refractivity contribution in [1.29, 1.82) is 0 Å². The Labute approximate surface area is 185 Å². The van der Waals surface area contributed by atoms with Crippen LogP contribution < -0.4 is 10.1 Å². The molecular weight excluding hydrogens is 385 g/mol. The fraction of sp³-hybridized carbons (Fsp3) is 0.286. The predicted octanol–water partition coefficient (Wildman–Crippen LogP) is 7.13. The van der Waals surface area contributed by atoms with Crippen molar-refractivity contribution in [1.82, 2.24) is 0 Å². The van der Waals surface area contributed by atoms with Gasteiger partial charge in [0.1, 0.15) is 11.6 Å². The molecule has 0 amide bonds. The summed E-state index contributed by atoms with van der Waals surface area (Å²) >= 11 is 0. The van der Waals surface area contributed by atoms with Gasteiger partial charge >= 0.3 is 0 Å². The van der Waals surface area contributed by atoms with Gasteiger partial charge in [-0.2, -0.15) is 0 Å². The first kappa shape index (κ1) is 22.4. The minimum Gasteiger partial charge on any atom is -0.494 e. The summed E-state index contributed by atoms with van der Waals surface area (Å²) in [6.07, 6.45) is 7.66. The lowest BCUT2D eigenvalue weighted by atomic mass is 9.67. The van der Waals surface area contributed by atoms with Crippen LogP contribution in [0.2, 0.25) is 0 Å². The molecule has 0 fully saturated rings. The van der Waals surface area contributed by atoms with Crippen LogP contribution in [0.1, 0.15) is 38.3 Å². The van der Waals surface area contributed by atoms with Crippen molar-refractivity contribution in [2.24, 2.45) is 5.92 Å². The zero-order valence-corrected chi connectivity index (χ0v) is 18.5. The van der Waals surface area contributed by atoms with Crippen molar-refractivity contribution in [3.8, 4) is 18.1 Å². The Morgan fingerprint density at radius 3 is 2.35 bits per heavy atom. The molecule has 0 saturated heterocycles. The number of hydrogen-bond acceptors (Lipinski definition) is 2. The maximum atomic E-state index is 14.0. The van der Waals surface area contributed by atoms with E-state index in [0.717, 1.165) is 41.1 Å². The molecule has 0 aliphatic carbocycles. The van der Waals surface area contributed by atoms with Crippen LogP contribution in [0, 0.1) is 24.1 Å². The van der Waals surface area contributed by atoms with E-state index < -0.39 is 5.41 Å². The van der Waals surface area contributed by atoms with Gasteiger partial charge in [-0.1, -0.05) is 56.2 Å². The number of nitrogens with one attached hydrogen (secondary N) is 1. The van der Waals surface area contributed by atoms with Crippen LogP contribution in [0.4, 0.5) is 15.8 Å². The average Bonchev–Trinajstić information content (AvgIpc) is 2.79. The van der Waals surface area contributed by atoms with E-state index in [2.05, 4.69) is 37.2 Å². The van der Waals surface area contributed by atoms with Crippen LogP contribution in [-0.2, 0) is 11.8 Å². The monoisotopic (exact) mass is 415 g/mol. The number of hydrogen-bond donors (Lipinski definition) is 1. The highest BCUT2D eigenvalue weighted by Crippen LogP contribution is 2.39. The number of benzene rings is 3. The van der Waals surface area contributed by atoms with Gasteiger partial charge in [0, 0.05) is 11.4 Å². The highest BCUT2D eigenvalue weighted by atomic mass is 19.1. The molecule has 0 aliphatic heterocycles. The summed E-state index contributed by atoms with van der Waals surface area (Å²) in [5, 5.41) is 3.36. The maximum Gasteiger partial charge on any atom is 0.125 e. The third-order valence-electron chi connectivity index (χ3n) is 5.99. The number of terminal acetylenes is 1. The second-order valence-electron chi connectivity index (χ2n) is 7.82. The molecular formula is C28H30FNO. The van der Waals surface area contributed by atoms with E-state index in [1.54, 1.807) is 6.07 Å². The third kappa shape index (κ3) is 5.09. The standard InChI is InChI=1S/C28H30FNO/c1-5-28(6-2,23-14-17-26(18-15-23)31-7-3)21(4)19-22-13-16-24(29)20-27(22)30-25-11-9-8-10-12-25/h1,8-18,20-21,30H,6-7,19H2,2-4H3. The van der Waals surface area contributed by atoms with Crippen LogP contribution >= 0.6 is 0 Å².